The van der Waals surface area contributed by atoms with Crippen LogP contribution in [0.5, 0.6) is 0 Å². The molecule has 1 N–H and O–H groups in total. The largest absolute Gasteiger partial charge is 0.352 e. The molecule has 2 amide bonds. The standard InChI is InChI=1S/C29H33Cl2N3O4S/c1-19(2)32-29(36)22(5)33(17-23-9-6-7-10-26(23)31)28(35)18-34(27-12-8-11-25(30)21(27)4)39(37,38)24-15-13-20(3)14-16-24/h6-16,19,22H,17-18H2,1-5H3,(H,32,36). The lowest BCUT2D eigenvalue weighted by Gasteiger charge is -2.33. The molecule has 0 saturated heterocycles. The topological polar surface area (TPSA) is 86.8 Å². The molecule has 3 aromatic rings. The van der Waals surface area contributed by atoms with Gasteiger partial charge in [0.1, 0.15) is 12.6 Å². The molecule has 0 aliphatic carbocycles. The number of benzene rings is 3. The fraction of sp³-hybridized carbons (Fsp3) is 0.310. The van der Waals surface area contributed by atoms with Crippen molar-refractivity contribution in [1.82, 2.24) is 10.2 Å². The van der Waals surface area contributed by atoms with Crippen LogP contribution in [0.1, 0.15) is 37.5 Å². The smallest absolute Gasteiger partial charge is 0.264 e. The minimum absolute atomic E-state index is 0.0120. The summed E-state index contributed by atoms with van der Waals surface area (Å²) in [5, 5.41) is 3.62. The van der Waals surface area contributed by atoms with Crippen molar-refractivity contribution >= 4 is 50.7 Å². The van der Waals surface area contributed by atoms with E-state index in [-0.39, 0.29) is 29.1 Å². The van der Waals surface area contributed by atoms with Gasteiger partial charge in [0, 0.05) is 22.6 Å². The maximum absolute atomic E-state index is 14.0. The number of nitrogens with zero attached hydrogens (tertiary/aromatic N) is 2. The number of aryl methyl sites for hydroxylation is 1. The van der Waals surface area contributed by atoms with Gasteiger partial charge in [-0.1, -0.05) is 65.2 Å². The average molecular weight is 591 g/mol. The Bertz CT molecular complexity index is 1440. The van der Waals surface area contributed by atoms with Crippen molar-refractivity contribution in [3.63, 3.8) is 0 Å². The Kier molecular flexibility index (Phi) is 10.0. The third-order valence-corrected chi connectivity index (χ3v) is 8.84. The predicted octanol–water partition coefficient (Wildman–Crippen LogP) is 5.75. The van der Waals surface area contributed by atoms with Crippen LogP contribution in [0, 0.1) is 13.8 Å². The Hall–Kier alpha value is -3.07. The van der Waals surface area contributed by atoms with Gasteiger partial charge >= 0.3 is 0 Å². The summed E-state index contributed by atoms with van der Waals surface area (Å²) >= 11 is 12.7. The number of sulfonamides is 1. The van der Waals surface area contributed by atoms with Gasteiger partial charge in [-0.3, -0.25) is 13.9 Å². The molecule has 0 spiro atoms. The molecule has 1 atom stereocenters. The zero-order chi connectivity index (χ0) is 28.9. The molecule has 0 bridgehead atoms. The number of carbonyl (C=O) groups is 2. The van der Waals surface area contributed by atoms with E-state index in [1.165, 1.54) is 17.0 Å². The molecule has 208 valence electrons. The van der Waals surface area contributed by atoms with E-state index in [2.05, 4.69) is 5.32 Å². The number of rotatable bonds is 10. The predicted molar refractivity (Wildman–Crippen MR) is 157 cm³/mol. The lowest BCUT2D eigenvalue weighted by molar-refractivity contribution is -0.139. The van der Waals surface area contributed by atoms with E-state index in [4.69, 9.17) is 23.2 Å². The summed E-state index contributed by atoms with van der Waals surface area (Å²) < 4.78 is 28.9. The van der Waals surface area contributed by atoms with Gasteiger partial charge in [-0.05, 0) is 76.1 Å². The first-order valence-electron chi connectivity index (χ1n) is 12.5. The molecule has 3 rings (SSSR count). The fourth-order valence-corrected chi connectivity index (χ4v) is 5.85. The lowest BCUT2D eigenvalue weighted by Crippen LogP contribution is -2.52. The molecule has 0 aliphatic heterocycles. The van der Waals surface area contributed by atoms with Crippen LogP contribution in [0.25, 0.3) is 0 Å². The third kappa shape index (κ3) is 7.32. The van der Waals surface area contributed by atoms with Crippen LogP contribution >= 0.6 is 23.2 Å². The number of nitrogens with one attached hydrogen (secondary N) is 1. The second-order valence-electron chi connectivity index (χ2n) is 9.66. The number of amides is 2. The molecule has 1 unspecified atom stereocenters. The Morgan fingerprint density at radius 2 is 1.49 bits per heavy atom. The van der Waals surface area contributed by atoms with Crippen LogP contribution in [0.3, 0.4) is 0 Å². The van der Waals surface area contributed by atoms with Crippen molar-refractivity contribution in [1.29, 1.82) is 0 Å². The lowest BCUT2D eigenvalue weighted by atomic mass is 10.1. The number of halogens is 2. The average Bonchev–Trinajstić information content (AvgIpc) is 2.88. The van der Waals surface area contributed by atoms with Gasteiger partial charge in [-0.15, -0.1) is 0 Å². The SMILES string of the molecule is Cc1ccc(S(=O)(=O)N(CC(=O)N(Cc2ccccc2Cl)C(C)C(=O)NC(C)C)c2cccc(Cl)c2C)cc1. The summed E-state index contributed by atoms with van der Waals surface area (Å²) in [6, 6.07) is 17.2. The Balaban J connectivity index is 2.09. The number of hydrogen-bond acceptors (Lipinski definition) is 4. The minimum Gasteiger partial charge on any atom is -0.352 e. The zero-order valence-electron chi connectivity index (χ0n) is 22.6. The van der Waals surface area contributed by atoms with Crippen molar-refractivity contribution in [3.8, 4) is 0 Å². The molecule has 10 heteroatoms. The molecule has 0 aromatic heterocycles. The molecule has 0 heterocycles. The summed E-state index contributed by atoms with van der Waals surface area (Å²) in [6.07, 6.45) is 0. The van der Waals surface area contributed by atoms with Gasteiger partial charge in [0.15, 0.2) is 0 Å². The van der Waals surface area contributed by atoms with E-state index in [0.717, 1.165) is 9.87 Å². The van der Waals surface area contributed by atoms with Crippen LogP contribution in [0.15, 0.2) is 71.6 Å². The summed E-state index contributed by atoms with van der Waals surface area (Å²) in [6.45, 7) is 8.26. The van der Waals surface area contributed by atoms with Crippen LogP contribution < -0.4 is 9.62 Å². The van der Waals surface area contributed by atoms with E-state index < -0.39 is 28.5 Å². The normalized spacial score (nSPS) is 12.2. The maximum Gasteiger partial charge on any atom is 0.264 e. The van der Waals surface area contributed by atoms with E-state index in [1.54, 1.807) is 68.4 Å². The molecule has 3 aromatic carbocycles. The third-order valence-electron chi connectivity index (χ3n) is 6.29. The first kappa shape index (κ1) is 30.5. The van der Waals surface area contributed by atoms with Crippen molar-refractivity contribution in [3.05, 3.63) is 93.5 Å². The van der Waals surface area contributed by atoms with Crippen molar-refractivity contribution < 1.29 is 18.0 Å². The zero-order valence-corrected chi connectivity index (χ0v) is 24.9. The fourth-order valence-electron chi connectivity index (χ4n) is 4.01. The highest BCUT2D eigenvalue weighted by atomic mass is 35.5. The van der Waals surface area contributed by atoms with E-state index in [9.17, 15) is 18.0 Å². The quantitative estimate of drug-likeness (QED) is 0.326. The summed E-state index contributed by atoms with van der Waals surface area (Å²) in [5.74, 6) is -0.936. The molecule has 0 aliphatic rings. The van der Waals surface area contributed by atoms with E-state index in [1.807, 2.05) is 20.8 Å². The first-order valence-corrected chi connectivity index (χ1v) is 14.7. The van der Waals surface area contributed by atoms with Gasteiger partial charge in [0.25, 0.3) is 10.0 Å². The molecule has 7 nitrogen and oxygen atoms in total. The van der Waals surface area contributed by atoms with Gasteiger partial charge in [-0.25, -0.2) is 8.42 Å². The van der Waals surface area contributed by atoms with E-state index in [0.29, 0.717) is 21.2 Å². The van der Waals surface area contributed by atoms with Gasteiger partial charge < -0.3 is 10.2 Å². The van der Waals surface area contributed by atoms with E-state index >= 15 is 0 Å². The molecule has 0 fully saturated rings. The highest BCUT2D eigenvalue weighted by molar-refractivity contribution is 7.92. The van der Waals surface area contributed by atoms with Crippen molar-refractivity contribution in [2.45, 2.75) is 58.1 Å². The maximum atomic E-state index is 14.0. The monoisotopic (exact) mass is 589 g/mol. The number of carbonyl (C=O) groups excluding carboxylic acids is 2. The van der Waals surface area contributed by atoms with Crippen molar-refractivity contribution in [2.24, 2.45) is 0 Å². The summed E-state index contributed by atoms with van der Waals surface area (Å²) in [7, 11) is -4.18. The first-order chi connectivity index (χ1) is 18.3. The van der Waals surface area contributed by atoms with Gasteiger partial charge in [-0.2, -0.15) is 0 Å². The molecule has 39 heavy (non-hydrogen) atoms. The van der Waals surface area contributed by atoms with Crippen LogP contribution in [-0.2, 0) is 26.2 Å². The number of anilines is 1. The van der Waals surface area contributed by atoms with Crippen LogP contribution in [-0.4, -0.2) is 43.8 Å². The van der Waals surface area contributed by atoms with Crippen LogP contribution in [0.4, 0.5) is 5.69 Å². The summed E-state index contributed by atoms with van der Waals surface area (Å²) in [5.41, 5.74) is 2.30. The number of hydrogen-bond donors (Lipinski definition) is 1. The minimum atomic E-state index is -4.18. The molecule has 0 saturated carbocycles. The summed E-state index contributed by atoms with van der Waals surface area (Å²) in [4.78, 5) is 28.3. The highest BCUT2D eigenvalue weighted by Gasteiger charge is 2.33. The highest BCUT2D eigenvalue weighted by Crippen LogP contribution is 2.31. The van der Waals surface area contributed by atoms with Gasteiger partial charge in [0.2, 0.25) is 11.8 Å². The van der Waals surface area contributed by atoms with Gasteiger partial charge in [0.05, 0.1) is 10.6 Å². The molecular weight excluding hydrogens is 557 g/mol. The Morgan fingerprint density at radius 1 is 0.872 bits per heavy atom. The second kappa shape index (κ2) is 12.9. The Morgan fingerprint density at radius 3 is 2.10 bits per heavy atom. The second-order valence-corrected chi connectivity index (χ2v) is 12.3. The molecular formula is C29H33Cl2N3O4S. The molecule has 0 radical (unpaired) electrons. The Labute approximate surface area is 240 Å². The van der Waals surface area contributed by atoms with Crippen LogP contribution in [0.2, 0.25) is 10.0 Å². The van der Waals surface area contributed by atoms with Crippen molar-refractivity contribution in [2.75, 3.05) is 10.8 Å².